The van der Waals surface area contributed by atoms with E-state index in [2.05, 4.69) is 15.0 Å². The van der Waals surface area contributed by atoms with Crippen LogP contribution in [0, 0.1) is 6.92 Å². The molecule has 0 aliphatic carbocycles. The first kappa shape index (κ1) is 18.5. The van der Waals surface area contributed by atoms with Crippen LogP contribution in [0.3, 0.4) is 0 Å². The first-order chi connectivity index (χ1) is 13.8. The van der Waals surface area contributed by atoms with Crippen molar-refractivity contribution >= 4 is 22.9 Å². The van der Waals surface area contributed by atoms with Crippen LogP contribution in [0.25, 0.3) is 33.4 Å². The molecule has 4 aromatic rings. The molecule has 2 aromatic heterocycles. The Labute approximate surface area is 167 Å². The van der Waals surface area contributed by atoms with Gasteiger partial charge in [-0.05, 0) is 30.2 Å². The molecular formula is C22H21N5O2. The normalized spacial score (nSPS) is 11.0. The summed E-state index contributed by atoms with van der Waals surface area (Å²) in [6.45, 7) is 1.99. The van der Waals surface area contributed by atoms with E-state index in [1.54, 1.807) is 20.2 Å². The van der Waals surface area contributed by atoms with Crippen molar-refractivity contribution in [3.8, 4) is 22.4 Å². The number of aromatic nitrogens is 3. The predicted octanol–water partition coefficient (Wildman–Crippen LogP) is 3.18. The number of carbonyl (C=O) groups is 1. The van der Waals surface area contributed by atoms with Crippen molar-refractivity contribution in [2.45, 2.75) is 6.92 Å². The molecule has 7 heteroatoms. The van der Waals surface area contributed by atoms with Gasteiger partial charge in [-0.25, -0.2) is 0 Å². The number of nitrogens with one attached hydrogen (secondary N) is 2. The van der Waals surface area contributed by atoms with E-state index in [0.717, 1.165) is 22.3 Å². The lowest BCUT2D eigenvalue weighted by Gasteiger charge is -2.12. The lowest BCUT2D eigenvalue weighted by molar-refractivity contribution is 0.0827. The number of nitrogens with two attached hydrogens (primary N) is 1. The molecule has 1 amide bonds. The number of hydrogen-bond donors (Lipinski definition) is 3. The Bertz CT molecular complexity index is 1300. The van der Waals surface area contributed by atoms with Gasteiger partial charge in [-0.3, -0.25) is 14.6 Å². The first-order valence-corrected chi connectivity index (χ1v) is 9.15. The van der Waals surface area contributed by atoms with Crippen molar-refractivity contribution in [2.24, 2.45) is 0 Å². The average Bonchev–Trinajstić information content (AvgIpc) is 3.07. The minimum Gasteiger partial charge on any atom is -0.369 e. The number of anilines is 1. The van der Waals surface area contributed by atoms with Crippen molar-refractivity contribution < 1.29 is 4.79 Å². The van der Waals surface area contributed by atoms with E-state index in [9.17, 15) is 9.59 Å². The highest BCUT2D eigenvalue weighted by atomic mass is 16.2. The summed E-state index contributed by atoms with van der Waals surface area (Å²) in [6.07, 6.45) is 0. The molecule has 29 heavy (non-hydrogen) atoms. The number of amides is 1. The van der Waals surface area contributed by atoms with Gasteiger partial charge in [-0.2, -0.15) is 4.98 Å². The minimum absolute atomic E-state index is 0.0441. The molecule has 0 bridgehead atoms. The zero-order chi connectivity index (χ0) is 20.7. The number of aromatic amines is 2. The summed E-state index contributed by atoms with van der Waals surface area (Å²) in [4.78, 5) is 36.8. The van der Waals surface area contributed by atoms with Gasteiger partial charge in [-0.15, -0.1) is 0 Å². The number of nitrogens with zero attached hydrogens (tertiary/aromatic N) is 2. The fourth-order valence-corrected chi connectivity index (χ4v) is 3.49. The third-order valence-corrected chi connectivity index (χ3v) is 4.79. The first-order valence-electron chi connectivity index (χ1n) is 9.15. The molecular weight excluding hydrogens is 366 g/mol. The van der Waals surface area contributed by atoms with Gasteiger partial charge in [0.1, 0.15) is 5.65 Å². The Hall–Kier alpha value is -3.87. The summed E-state index contributed by atoms with van der Waals surface area (Å²) in [6, 6.07) is 15.2. The van der Waals surface area contributed by atoms with Crippen LogP contribution < -0.4 is 11.3 Å². The number of H-pyrrole nitrogens is 2. The van der Waals surface area contributed by atoms with E-state index >= 15 is 0 Å². The molecule has 0 spiro atoms. The zero-order valence-electron chi connectivity index (χ0n) is 16.4. The molecule has 0 unspecified atom stereocenters. The monoisotopic (exact) mass is 387 g/mol. The maximum absolute atomic E-state index is 12.7. The molecule has 4 rings (SSSR count). The topological polar surface area (TPSA) is 108 Å². The second kappa shape index (κ2) is 6.94. The van der Waals surface area contributed by atoms with Crippen molar-refractivity contribution in [3.63, 3.8) is 0 Å². The number of fused-ring (bicyclic) bond motifs is 1. The largest absolute Gasteiger partial charge is 0.369 e. The lowest BCUT2D eigenvalue weighted by atomic mass is 9.97. The number of nitrogen functional groups attached to an aromatic ring is 1. The van der Waals surface area contributed by atoms with E-state index in [1.807, 2.05) is 49.4 Å². The molecule has 0 saturated carbocycles. The Morgan fingerprint density at radius 3 is 2.48 bits per heavy atom. The van der Waals surface area contributed by atoms with Gasteiger partial charge in [0.2, 0.25) is 5.95 Å². The third-order valence-electron chi connectivity index (χ3n) is 4.79. The molecule has 2 aromatic carbocycles. The Morgan fingerprint density at radius 1 is 1.03 bits per heavy atom. The number of hydrogen-bond acceptors (Lipinski definition) is 4. The zero-order valence-corrected chi connectivity index (χ0v) is 16.4. The Morgan fingerprint density at radius 2 is 1.76 bits per heavy atom. The van der Waals surface area contributed by atoms with Crippen LogP contribution in [0.5, 0.6) is 0 Å². The maximum Gasteiger partial charge on any atom is 0.262 e. The quantitative estimate of drug-likeness (QED) is 0.502. The molecule has 0 saturated heterocycles. The van der Waals surface area contributed by atoms with Gasteiger partial charge in [0.05, 0.1) is 11.1 Å². The molecule has 0 atom stereocenters. The Balaban J connectivity index is 2.04. The molecule has 7 nitrogen and oxygen atoms in total. The van der Waals surface area contributed by atoms with Crippen LogP contribution in [0.2, 0.25) is 0 Å². The molecule has 2 heterocycles. The molecule has 0 aliphatic heterocycles. The highest BCUT2D eigenvalue weighted by Crippen LogP contribution is 2.37. The molecule has 0 fully saturated rings. The molecule has 0 radical (unpaired) electrons. The van der Waals surface area contributed by atoms with Gasteiger partial charge < -0.3 is 15.6 Å². The van der Waals surface area contributed by atoms with Gasteiger partial charge >= 0.3 is 0 Å². The van der Waals surface area contributed by atoms with Crippen molar-refractivity contribution in [1.29, 1.82) is 0 Å². The van der Waals surface area contributed by atoms with Gasteiger partial charge in [-0.1, -0.05) is 42.0 Å². The van der Waals surface area contributed by atoms with Gasteiger partial charge in [0, 0.05) is 25.2 Å². The number of carbonyl (C=O) groups excluding carboxylic acids is 1. The van der Waals surface area contributed by atoms with E-state index in [4.69, 9.17) is 5.73 Å². The summed E-state index contributed by atoms with van der Waals surface area (Å²) in [5.41, 5.74) is 10.6. The molecule has 4 N–H and O–H groups in total. The minimum atomic E-state index is -0.313. The average molecular weight is 387 g/mol. The smallest absolute Gasteiger partial charge is 0.262 e. The number of benzene rings is 2. The highest BCUT2D eigenvalue weighted by molar-refractivity contribution is 6.03. The van der Waals surface area contributed by atoms with Crippen molar-refractivity contribution in [2.75, 3.05) is 19.8 Å². The van der Waals surface area contributed by atoms with Crippen molar-refractivity contribution in [3.05, 3.63) is 70.0 Å². The third kappa shape index (κ3) is 3.27. The second-order valence-corrected chi connectivity index (χ2v) is 7.20. The number of rotatable bonds is 3. The molecule has 146 valence electrons. The van der Waals surface area contributed by atoms with Crippen LogP contribution in [0.4, 0.5) is 5.95 Å². The Kier molecular flexibility index (Phi) is 4.43. The lowest BCUT2D eigenvalue weighted by Crippen LogP contribution is -2.21. The summed E-state index contributed by atoms with van der Waals surface area (Å²) in [5.74, 6) is -0.0529. The summed E-state index contributed by atoms with van der Waals surface area (Å²) in [7, 11) is 3.42. The van der Waals surface area contributed by atoms with Crippen molar-refractivity contribution in [1.82, 2.24) is 19.9 Å². The van der Waals surface area contributed by atoms with Gasteiger partial charge in [0.25, 0.3) is 11.5 Å². The van der Waals surface area contributed by atoms with Gasteiger partial charge in [0.15, 0.2) is 0 Å². The van der Waals surface area contributed by atoms with Crippen LogP contribution in [-0.4, -0.2) is 39.9 Å². The summed E-state index contributed by atoms with van der Waals surface area (Å²) >= 11 is 0. The van der Waals surface area contributed by atoms with E-state index in [1.165, 1.54) is 4.90 Å². The highest BCUT2D eigenvalue weighted by Gasteiger charge is 2.20. The standard InChI is InChI=1S/C22H21N5O2/c1-12-6-4-7-13(10-12)16-17-19(25-22(23)26-20(17)28)24-18(16)14-8-5-9-15(11-14)21(29)27(2)3/h4-11H,1-3H3,(H4,23,24,25,26,28). The van der Waals surface area contributed by atoms with E-state index in [0.29, 0.717) is 22.3 Å². The van der Waals surface area contributed by atoms with Crippen LogP contribution in [0.1, 0.15) is 15.9 Å². The fraction of sp³-hybridized carbons (Fsp3) is 0.136. The fourth-order valence-electron chi connectivity index (χ4n) is 3.49. The van der Waals surface area contributed by atoms with E-state index in [-0.39, 0.29) is 17.4 Å². The SMILES string of the molecule is Cc1cccc(-c2c(-c3cccc(C(=O)N(C)C)c3)[nH]c3nc(N)[nH]c(=O)c23)c1. The van der Waals surface area contributed by atoms with E-state index < -0.39 is 0 Å². The summed E-state index contributed by atoms with van der Waals surface area (Å²) in [5, 5.41) is 0.434. The predicted molar refractivity (Wildman–Crippen MR) is 115 cm³/mol. The summed E-state index contributed by atoms with van der Waals surface area (Å²) < 4.78 is 0. The number of aryl methyl sites for hydroxylation is 1. The van der Waals surface area contributed by atoms with Crippen LogP contribution >= 0.6 is 0 Å². The maximum atomic E-state index is 12.7. The molecule has 0 aliphatic rings. The second-order valence-electron chi connectivity index (χ2n) is 7.20. The van der Waals surface area contributed by atoms with Crippen LogP contribution in [-0.2, 0) is 0 Å². The van der Waals surface area contributed by atoms with Crippen LogP contribution in [0.15, 0.2) is 53.3 Å².